The summed E-state index contributed by atoms with van der Waals surface area (Å²) in [4.78, 5) is 0. The summed E-state index contributed by atoms with van der Waals surface area (Å²) in [5.41, 5.74) is 7.55. The van der Waals surface area contributed by atoms with E-state index in [2.05, 4.69) is 91.8 Å². The van der Waals surface area contributed by atoms with Crippen LogP contribution in [-0.4, -0.2) is 0 Å². The third-order valence-electron chi connectivity index (χ3n) is 4.91. The molecule has 0 amide bonds. The monoisotopic (exact) mass is 406 g/mol. The molecule has 0 atom stereocenters. The van der Waals surface area contributed by atoms with Gasteiger partial charge in [0, 0.05) is 0 Å². The second-order valence-electron chi connectivity index (χ2n) is 8.42. The Hall–Kier alpha value is -1.44. The van der Waals surface area contributed by atoms with E-state index >= 15 is 0 Å². The van der Waals surface area contributed by atoms with Crippen LogP contribution in [0.2, 0.25) is 0 Å². The van der Waals surface area contributed by atoms with Crippen LogP contribution in [0, 0.1) is 0 Å². The molecule has 0 radical (unpaired) electrons. The van der Waals surface area contributed by atoms with Gasteiger partial charge in [-0.3, -0.25) is 0 Å². The average Bonchev–Trinajstić information content (AvgIpc) is 2.61. The zero-order chi connectivity index (χ0) is 20.1. The van der Waals surface area contributed by atoms with Crippen LogP contribution in [0.4, 0.5) is 11.4 Å². The van der Waals surface area contributed by atoms with Gasteiger partial charge in [0.1, 0.15) is 0 Å². The molecule has 0 saturated carbocycles. The fraction of sp³-hybridized carbons (Fsp3) is 0.500. The van der Waals surface area contributed by atoms with Crippen LogP contribution in [0.5, 0.6) is 0 Å². The normalized spacial score (nSPS) is 11.7. The minimum absolute atomic E-state index is 0.455. The predicted octanol–water partition coefficient (Wildman–Crippen LogP) is 8.59. The summed E-state index contributed by atoms with van der Waals surface area (Å²) in [6.07, 6.45) is 0. The van der Waals surface area contributed by atoms with Crippen LogP contribution in [-0.2, 0) is 14.6 Å². The Morgan fingerprint density at radius 3 is 1.00 bits per heavy atom. The molecule has 0 spiro atoms. The van der Waals surface area contributed by atoms with E-state index in [0.29, 0.717) is 38.2 Å². The number of benzene rings is 2. The molecule has 0 aromatic heterocycles. The van der Waals surface area contributed by atoms with Crippen molar-refractivity contribution in [3.63, 3.8) is 0 Å². The minimum atomic E-state index is 0.455. The third kappa shape index (κ3) is 5.30. The van der Waals surface area contributed by atoms with Crippen molar-refractivity contribution in [2.45, 2.75) is 79.1 Å². The predicted molar refractivity (Wildman–Crippen MR) is 113 cm³/mol. The van der Waals surface area contributed by atoms with Crippen LogP contribution < -0.4 is 0 Å². The van der Waals surface area contributed by atoms with Crippen LogP contribution in [0.1, 0.15) is 101 Å². The van der Waals surface area contributed by atoms with E-state index in [4.69, 9.17) is 7.92 Å². The van der Waals surface area contributed by atoms with Gasteiger partial charge in [-0.05, 0) is 0 Å². The van der Waals surface area contributed by atoms with Crippen molar-refractivity contribution in [2.75, 3.05) is 0 Å². The second kappa shape index (κ2) is 9.66. The van der Waals surface area contributed by atoms with E-state index in [0.717, 1.165) is 11.4 Å². The molecule has 0 fully saturated rings. The van der Waals surface area contributed by atoms with Crippen molar-refractivity contribution < 1.29 is 14.6 Å². The van der Waals surface area contributed by atoms with E-state index in [1.165, 1.54) is 22.3 Å². The zero-order valence-corrected chi connectivity index (χ0v) is 19.1. The van der Waals surface area contributed by atoms with Gasteiger partial charge in [0.2, 0.25) is 0 Å². The van der Waals surface area contributed by atoms with Gasteiger partial charge in [-0.1, -0.05) is 0 Å². The molecule has 0 aliphatic heterocycles. The topological polar surface area (TPSA) is 24.7 Å². The van der Waals surface area contributed by atoms with Crippen molar-refractivity contribution in [3.8, 4) is 0 Å². The van der Waals surface area contributed by atoms with E-state index in [1.54, 1.807) is 0 Å². The molecule has 148 valence electrons. The SMILES string of the molecule is CC(C)c1cccc(C(C)C)c1[N]=[Fe]=[N]c1c(C(C)C)cccc1C(C)C. The Morgan fingerprint density at radius 2 is 0.778 bits per heavy atom. The van der Waals surface area contributed by atoms with Crippen molar-refractivity contribution in [3.05, 3.63) is 58.7 Å². The first-order valence-electron chi connectivity index (χ1n) is 10.0. The molecule has 0 aliphatic rings. The summed E-state index contributed by atoms with van der Waals surface area (Å²) >= 11 is 0.479. The molecule has 2 aromatic carbocycles. The van der Waals surface area contributed by atoms with Crippen LogP contribution in [0.15, 0.2) is 44.3 Å². The average molecular weight is 406 g/mol. The summed E-state index contributed by atoms with van der Waals surface area (Å²) in [7, 11) is 0. The van der Waals surface area contributed by atoms with E-state index in [9.17, 15) is 0 Å². The van der Waals surface area contributed by atoms with Gasteiger partial charge in [0.15, 0.2) is 0 Å². The van der Waals surface area contributed by atoms with Gasteiger partial charge in [-0.2, -0.15) is 0 Å². The van der Waals surface area contributed by atoms with E-state index < -0.39 is 0 Å². The Morgan fingerprint density at radius 1 is 0.519 bits per heavy atom. The summed E-state index contributed by atoms with van der Waals surface area (Å²) in [6, 6.07) is 13.1. The molecule has 0 aliphatic carbocycles. The summed E-state index contributed by atoms with van der Waals surface area (Å²) in [6.45, 7) is 17.9. The summed E-state index contributed by atoms with van der Waals surface area (Å²) < 4.78 is 9.96. The van der Waals surface area contributed by atoms with Gasteiger partial charge in [-0.15, -0.1) is 0 Å². The third-order valence-corrected chi connectivity index (χ3v) is 5.63. The van der Waals surface area contributed by atoms with Crippen LogP contribution >= 0.6 is 0 Å². The number of hydrogen-bond donors (Lipinski definition) is 0. The van der Waals surface area contributed by atoms with Gasteiger partial charge >= 0.3 is 172 Å². The maximum absolute atomic E-state index is 4.98. The van der Waals surface area contributed by atoms with Gasteiger partial charge in [0.25, 0.3) is 0 Å². The Kier molecular flexibility index (Phi) is 7.82. The Bertz CT molecular complexity index is 721. The molecule has 2 rings (SSSR count). The van der Waals surface area contributed by atoms with Crippen molar-refractivity contribution >= 4 is 11.4 Å². The van der Waals surface area contributed by atoms with E-state index in [-0.39, 0.29) is 0 Å². The van der Waals surface area contributed by atoms with Crippen LogP contribution in [0.25, 0.3) is 0 Å². The number of nitrogens with zero attached hydrogens (tertiary/aromatic N) is 2. The molecule has 2 aromatic rings. The zero-order valence-electron chi connectivity index (χ0n) is 18.0. The second-order valence-corrected chi connectivity index (χ2v) is 9.13. The molecule has 3 heteroatoms. The van der Waals surface area contributed by atoms with Gasteiger partial charge < -0.3 is 0 Å². The Balaban J connectivity index is 2.62. The molecular formula is C24H34FeN2. The first-order chi connectivity index (χ1) is 12.7. The molecule has 0 heterocycles. The Labute approximate surface area is 171 Å². The maximum atomic E-state index is 4.98. The summed E-state index contributed by atoms with van der Waals surface area (Å²) in [5, 5.41) is 0. The van der Waals surface area contributed by atoms with Crippen molar-refractivity contribution in [1.29, 1.82) is 0 Å². The van der Waals surface area contributed by atoms with Crippen LogP contribution in [0.3, 0.4) is 0 Å². The fourth-order valence-corrected chi connectivity index (χ4v) is 4.14. The molecule has 0 bridgehead atoms. The molecular weight excluding hydrogens is 372 g/mol. The van der Waals surface area contributed by atoms with Crippen molar-refractivity contribution in [2.24, 2.45) is 7.92 Å². The number of rotatable bonds is 6. The van der Waals surface area contributed by atoms with Gasteiger partial charge in [0.05, 0.1) is 0 Å². The first-order valence-corrected chi connectivity index (χ1v) is 11.0. The van der Waals surface area contributed by atoms with Crippen molar-refractivity contribution in [1.82, 2.24) is 0 Å². The fourth-order valence-electron chi connectivity index (χ4n) is 3.29. The molecule has 0 saturated heterocycles. The van der Waals surface area contributed by atoms with Gasteiger partial charge in [-0.25, -0.2) is 0 Å². The molecule has 2 nitrogen and oxygen atoms in total. The molecule has 27 heavy (non-hydrogen) atoms. The quantitative estimate of drug-likeness (QED) is 0.429. The molecule has 0 N–H and O–H groups in total. The molecule has 0 unspecified atom stereocenters. The van der Waals surface area contributed by atoms with E-state index in [1.807, 2.05) is 0 Å². The standard InChI is InChI=1S/2C12H17N.Fe/c2*1-8(2)10-6-5-7-11(9(3)4)12(10)13;/h2*5-9H,1-4H3;. The first kappa shape index (κ1) is 21.9. The summed E-state index contributed by atoms with van der Waals surface area (Å²) in [5.74, 6) is 1.82. The number of hydrogen-bond acceptors (Lipinski definition) is 2.